The van der Waals surface area contributed by atoms with Crippen LogP contribution in [0.3, 0.4) is 0 Å². The minimum Gasteiger partial charge on any atom is -0.481 e. The summed E-state index contributed by atoms with van der Waals surface area (Å²) in [5, 5.41) is 19.1. The van der Waals surface area contributed by atoms with Gasteiger partial charge in [-0.2, -0.15) is 0 Å². The Bertz CT molecular complexity index is 508. The molecule has 0 saturated carbocycles. The van der Waals surface area contributed by atoms with Gasteiger partial charge in [-0.15, -0.1) is 21.5 Å². The first-order valence-electron chi connectivity index (χ1n) is 4.27. The van der Waals surface area contributed by atoms with Gasteiger partial charge in [0.25, 0.3) is 0 Å². The molecule has 16 heavy (non-hydrogen) atoms. The predicted molar refractivity (Wildman–Crippen MR) is 62.2 cm³/mol. The van der Waals surface area contributed by atoms with Gasteiger partial charge in [-0.3, -0.25) is 4.79 Å². The van der Waals surface area contributed by atoms with Crippen molar-refractivity contribution in [2.75, 3.05) is 0 Å². The normalized spacial score (nSPS) is 10.6. The zero-order valence-corrected chi connectivity index (χ0v) is 10.7. The van der Waals surface area contributed by atoms with Gasteiger partial charge in [-0.05, 0) is 18.7 Å². The molecular formula is C8H7N3O2S3. The van der Waals surface area contributed by atoms with Crippen LogP contribution < -0.4 is 0 Å². The molecule has 0 aliphatic carbocycles. The second-order valence-corrected chi connectivity index (χ2v) is 6.40. The highest BCUT2D eigenvalue weighted by Gasteiger charge is 2.09. The molecule has 5 nitrogen and oxygen atoms in total. The molecule has 8 heteroatoms. The van der Waals surface area contributed by atoms with Gasteiger partial charge in [-0.1, -0.05) is 11.3 Å². The Kier molecular flexibility index (Phi) is 3.52. The van der Waals surface area contributed by atoms with Gasteiger partial charge in [-0.25, -0.2) is 4.98 Å². The number of aryl methyl sites for hydroxylation is 1. The second-order valence-electron chi connectivity index (χ2n) is 2.86. The van der Waals surface area contributed by atoms with Crippen LogP contribution >= 0.6 is 34.4 Å². The van der Waals surface area contributed by atoms with Gasteiger partial charge in [0.1, 0.15) is 5.01 Å². The molecular weight excluding hydrogens is 266 g/mol. The van der Waals surface area contributed by atoms with Gasteiger partial charge in [0.2, 0.25) is 0 Å². The number of aromatic nitrogens is 3. The first-order chi connectivity index (χ1) is 7.63. The minimum absolute atomic E-state index is 0.0355. The lowest BCUT2D eigenvalue weighted by Crippen LogP contribution is -1.99. The molecule has 0 amide bonds. The van der Waals surface area contributed by atoms with E-state index in [1.807, 2.05) is 6.92 Å². The van der Waals surface area contributed by atoms with E-state index in [0.717, 1.165) is 13.7 Å². The zero-order chi connectivity index (χ0) is 11.5. The van der Waals surface area contributed by atoms with Crippen molar-refractivity contribution in [3.8, 4) is 0 Å². The van der Waals surface area contributed by atoms with E-state index in [0.29, 0.717) is 5.69 Å². The number of thiazole rings is 1. The van der Waals surface area contributed by atoms with Crippen LogP contribution in [0, 0.1) is 6.92 Å². The van der Waals surface area contributed by atoms with E-state index >= 15 is 0 Å². The summed E-state index contributed by atoms with van der Waals surface area (Å²) in [4.78, 5) is 14.7. The van der Waals surface area contributed by atoms with Gasteiger partial charge in [0.15, 0.2) is 8.68 Å². The number of carboxylic acid groups (broad SMARTS) is 1. The SMILES string of the molecule is Cc1nnc(Sc2nc(CC(=O)O)cs2)s1. The fourth-order valence-corrected chi connectivity index (χ4v) is 3.82. The maximum absolute atomic E-state index is 10.5. The van der Waals surface area contributed by atoms with Gasteiger partial charge < -0.3 is 5.11 Å². The fourth-order valence-electron chi connectivity index (χ4n) is 0.966. The van der Waals surface area contributed by atoms with Crippen LogP contribution in [-0.4, -0.2) is 26.3 Å². The smallest absolute Gasteiger partial charge is 0.309 e. The van der Waals surface area contributed by atoms with Crippen molar-refractivity contribution in [3.63, 3.8) is 0 Å². The van der Waals surface area contributed by atoms with Crippen LogP contribution in [0.1, 0.15) is 10.7 Å². The summed E-state index contributed by atoms with van der Waals surface area (Å²) in [6, 6.07) is 0. The minimum atomic E-state index is -0.867. The summed E-state index contributed by atoms with van der Waals surface area (Å²) in [5.74, 6) is -0.867. The Morgan fingerprint density at radius 2 is 2.31 bits per heavy atom. The highest BCUT2D eigenvalue weighted by Crippen LogP contribution is 2.32. The first kappa shape index (κ1) is 11.5. The largest absolute Gasteiger partial charge is 0.481 e. The molecule has 0 spiro atoms. The maximum atomic E-state index is 10.5. The number of aliphatic carboxylic acids is 1. The lowest BCUT2D eigenvalue weighted by molar-refractivity contribution is -0.136. The van der Waals surface area contributed by atoms with Crippen molar-refractivity contribution in [1.29, 1.82) is 0 Å². The third-order valence-electron chi connectivity index (χ3n) is 1.55. The zero-order valence-electron chi connectivity index (χ0n) is 8.21. The van der Waals surface area contributed by atoms with E-state index in [2.05, 4.69) is 15.2 Å². The van der Waals surface area contributed by atoms with Gasteiger partial charge >= 0.3 is 5.97 Å². The molecule has 2 aromatic rings. The molecule has 0 atom stereocenters. The third kappa shape index (κ3) is 3.00. The van der Waals surface area contributed by atoms with E-state index in [1.54, 1.807) is 5.38 Å². The Morgan fingerprint density at radius 1 is 1.50 bits per heavy atom. The van der Waals surface area contributed by atoms with Crippen LogP contribution in [0.15, 0.2) is 14.1 Å². The Hall–Kier alpha value is -0.990. The molecule has 2 aromatic heterocycles. The number of hydrogen-bond acceptors (Lipinski definition) is 7. The monoisotopic (exact) mass is 273 g/mol. The highest BCUT2D eigenvalue weighted by molar-refractivity contribution is 8.02. The third-order valence-corrected chi connectivity index (χ3v) is 4.42. The maximum Gasteiger partial charge on any atom is 0.309 e. The quantitative estimate of drug-likeness (QED) is 0.919. The summed E-state index contributed by atoms with van der Waals surface area (Å²) < 4.78 is 1.63. The number of hydrogen-bond donors (Lipinski definition) is 1. The van der Waals surface area contributed by atoms with Crippen LogP contribution in [-0.2, 0) is 11.2 Å². The van der Waals surface area contributed by atoms with E-state index in [1.165, 1.54) is 34.4 Å². The van der Waals surface area contributed by atoms with Crippen LogP contribution in [0.2, 0.25) is 0 Å². The van der Waals surface area contributed by atoms with Crippen molar-refractivity contribution < 1.29 is 9.90 Å². The summed E-state index contributed by atoms with van der Waals surface area (Å²) >= 11 is 4.34. The van der Waals surface area contributed by atoms with Gasteiger partial charge in [0.05, 0.1) is 12.1 Å². The number of nitrogens with zero attached hydrogens (tertiary/aromatic N) is 3. The topological polar surface area (TPSA) is 76.0 Å². The van der Waals surface area contributed by atoms with E-state index in [4.69, 9.17) is 5.11 Å². The summed E-state index contributed by atoms with van der Waals surface area (Å²) in [7, 11) is 0. The molecule has 0 unspecified atom stereocenters. The number of rotatable bonds is 4. The fraction of sp³-hybridized carbons (Fsp3) is 0.250. The second kappa shape index (κ2) is 4.89. The molecule has 0 aromatic carbocycles. The Labute approximate surface area is 104 Å². The molecule has 0 bridgehead atoms. The molecule has 2 heterocycles. The van der Waals surface area contributed by atoms with E-state index in [9.17, 15) is 4.79 Å². The van der Waals surface area contributed by atoms with Crippen molar-refractivity contribution in [2.24, 2.45) is 0 Å². The van der Waals surface area contributed by atoms with E-state index in [-0.39, 0.29) is 6.42 Å². The molecule has 0 aliphatic heterocycles. The first-order valence-corrected chi connectivity index (χ1v) is 6.79. The molecule has 0 aliphatic rings. The van der Waals surface area contributed by atoms with Crippen molar-refractivity contribution in [2.45, 2.75) is 22.0 Å². The molecule has 84 valence electrons. The average molecular weight is 273 g/mol. The van der Waals surface area contributed by atoms with Crippen LogP contribution in [0.4, 0.5) is 0 Å². The highest BCUT2D eigenvalue weighted by atomic mass is 32.2. The van der Waals surface area contributed by atoms with Gasteiger partial charge in [0, 0.05) is 5.38 Å². The van der Waals surface area contributed by atoms with Crippen molar-refractivity contribution in [1.82, 2.24) is 15.2 Å². The Morgan fingerprint density at radius 3 is 2.94 bits per heavy atom. The standard InChI is InChI=1S/C8H7N3O2S3/c1-4-10-11-8(15-4)16-7-9-5(3-14-7)2-6(12)13/h3H,2H2,1H3,(H,12,13). The predicted octanol–water partition coefficient (Wildman–Crippen LogP) is 2.08. The van der Waals surface area contributed by atoms with Crippen LogP contribution in [0.25, 0.3) is 0 Å². The summed E-state index contributed by atoms with van der Waals surface area (Å²) in [6.07, 6.45) is -0.0355. The van der Waals surface area contributed by atoms with Crippen molar-refractivity contribution >= 4 is 40.4 Å². The number of carbonyl (C=O) groups is 1. The summed E-state index contributed by atoms with van der Waals surface area (Å²) in [5.41, 5.74) is 0.584. The number of carboxylic acids is 1. The lowest BCUT2D eigenvalue weighted by Gasteiger charge is -1.89. The molecule has 1 N–H and O–H groups in total. The lowest BCUT2D eigenvalue weighted by atomic mass is 10.3. The Balaban J connectivity index is 2.05. The van der Waals surface area contributed by atoms with Crippen LogP contribution in [0.5, 0.6) is 0 Å². The molecule has 0 saturated heterocycles. The van der Waals surface area contributed by atoms with E-state index < -0.39 is 5.97 Å². The summed E-state index contributed by atoms with van der Waals surface area (Å²) in [6.45, 7) is 1.89. The molecule has 0 radical (unpaired) electrons. The molecule has 0 fully saturated rings. The molecule has 2 rings (SSSR count). The average Bonchev–Trinajstić information content (AvgIpc) is 2.76. The van der Waals surface area contributed by atoms with Crippen molar-refractivity contribution in [3.05, 3.63) is 16.1 Å².